The van der Waals surface area contributed by atoms with Crippen LogP contribution in [0.15, 0.2) is 236 Å². The maximum Gasteiger partial charge on any atom is 0.0645 e. The monoisotopic (exact) mass is 733 g/mol. The van der Waals surface area contributed by atoms with Gasteiger partial charge < -0.3 is 4.90 Å². The van der Waals surface area contributed by atoms with Gasteiger partial charge in [-0.3, -0.25) is 0 Å². The molecule has 0 aromatic heterocycles. The van der Waals surface area contributed by atoms with Crippen molar-refractivity contribution in [2.75, 3.05) is 4.90 Å². The van der Waals surface area contributed by atoms with E-state index in [0.717, 1.165) is 54.9 Å². The lowest BCUT2D eigenvalue weighted by atomic mass is 9.89. The third kappa shape index (κ3) is 6.66. The highest BCUT2D eigenvalue weighted by atomic mass is 15.1. The lowest BCUT2D eigenvalue weighted by Crippen LogP contribution is -2.09. The van der Waals surface area contributed by atoms with E-state index < -0.39 is 12.1 Å². The van der Waals surface area contributed by atoms with Crippen molar-refractivity contribution in [2.45, 2.75) is 0 Å². The molecular formula is C56H39N. The van der Waals surface area contributed by atoms with Crippen LogP contribution in [0.3, 0.4) is 0 Å². The van der Waals surface area contributed by atoms with Crippen LogP contribution in [0.25, 0.3) is 77.2 Å². The topological polar surface area (TPSA) is 3.24 Å². The summed E-state index contributed by atoms with van der Waals surface area (Å²) in [7, 11) is 0. The fraction of sp³-hybridized carbons (Fsp3) is 0. The number of rotatable bonds is 8. The summed E-state index contributed by atoms with van der Waals surface area (Å²) in [4.78, 5) is 1.36. The van der Waals surface area contributed by atoms with Crippen molar-refractivity contribution in [3.63, 3.8) is 0 Å². The van der Waals surface area contributed by atoms with Gasteiger partial charge in [0.2, 0.25) is 0 Å². The molecule has 0 saturated heterocycles. The molecule has 268 valence electrons. The zero-order valence-corrected chi connectivity index (χ0v) is 30.8. The first-order chi connectivity index (χ1) is 31.6. The molecule has 0 N–H and O–H groups in total. The summed E-state index contributed by atoms with van der Waals surface area (Å²) in [5, 5.41) is 3.95. The number of hydrogen-bond acceptors (Lipinski definition) is 1. The number of hydrogen-bond donors (Lipinski definition) is 0. The van der Waals surface area contributed by atoms with Crippen molar-refractivity contribution in [2.24, 2.45) is 0 Å². The van der Waals surface area contributed by atoms with Gasteiger partial charge >= 0.3 is 0 Å². The summed E-state index contributed by atoms with van der Waals surface area (Å²) < 4.78 is 76.2. The van der Waals surface area contributed by atoms with E-state index in [9.17, 15) is 11.0 Å². The van der Waals surface area contributed by atoms with Crippen LogP contribution in [0.2, 0.25) is 0 Å². The Labute approximate surface area is 345 Å². The standard InChI is InChI=1S/C56H39N/c1-3-12-40(13-4-1)42-26-33-49(34-27-42)57(50-35-28-43(29-36-50)41-22-24-47(25-23-41)53-21-11-18-44-16-7-9-19-52(44)53)51-37-30-48(31-38-51)56-54-20-10-8-17-46(54)32-39-55(56)45-14-5-2-6-15-45/h1-39H/i26D,27D,30D,31D,33D,34D,37D,38D. The highest BCUT2D eigenvalue weighted by Gasteiger charge is 2.16. The van der Waals surface area contributed by atoms with Gasteiger partial charge in [-0.15, -0.1) is 0 Å². The molecule has 0 heterocycles. The van der Waals surface area contributed by atoms with E-state index in [1.165, 1.54) is 4.90 Å². The highest BCUT2D eigenvalue weighted by Crippen LogP contribution is 2.42. The summed E-state index contributed by atoms with van der Waals surface area (Å²) in [5.41, 5.74) is 6.80. The lowest BCUT2D eigenvalue weighted by Gasteiger charge is -2.26. The summed E-state index contributed by atoms with van der Waals surface area (Å²) in [6.07, 6.45) is 0. The predicted octanol–water partition coefficient (Wildman–Crippen LogP) is 15.8. The molecule has 10 aromatic rings. The van der Waals surface area contributed by atoms with Crippen molar-refractivity contribution in [1.29, 1.82) is 0 Å². The molecule has 1 nitrogen and oxygen atoms in total. The second-order valence-corrected chi connectivity index (χ2v) is 13.9. The maximum atomic E-state index is 9.73. The zero-order chi connectivity index (χ0) is 44.9. The Hall–Kier alpha value is -7.48. The van der Waals surface area contributed by atoms with Crippen LogP contribution in [0.4, 0.5) is 17.1 Å². The van der Waals surface area contributed by atoms with Crippen molar-refractivity contribution in [3.8, 4) is 55.6 Å². The van der Waals surface area contributed by atoms with Crippen LogP contribution in [0.1, 0.15) is 11.0 Å². The Bertz CT molecular complexity index is 3380. The van der Waals surface area contributed by atoms with Gasteiger partial charge in [0.25, 0.3) is 0 Å². The molecule has 0 saturated carbocycles. The first kappa shape index (κ1) is 26.3. The van der Waals surface area contributed by atoms with Gasteiger partial charge in [0.1, 0.15) is 0 Å². The summed E-state index contributed by atoms with van der Waals surface area (Å²) >= 11 is 0. The fourth-order valence-corrected chi connectivity index (χ4v) is 7.60. The quantitative estimate of drug-likeness (QED) is 0.150. The molecule has 1 heteroatoms. The Morgan fingerprint density at radius 1 is 0.263 bits per heavy atom. The third-order valence-electron chi connectivity index (χ3n) is 10.4. The van der Waals surface area contributed by atoms with Crippen LogP contribution < -0.4 is 4.90 Å². The second-order valence-electron chi connectivity index (χ2n) is 13.9. The number of nitrogens with zero attached hydrogens (tertiary/aromatic N) is 1. The largest absolute Gasteiger partial charge is 0.311 e. The van der Waals surface area contributed by atoms with Crippen molar-refractivity contribution in [1.82, 2.24) is 0 Å². The van der Waals surface area contributed by atoms with Crippen LogP contribution in [0.5, 0.6) is 0 Å². The highest BCUT2D eigenvalue weighted by molar-refractivity contribution is 6.04. The molecule has 0 aliphatic rings. The van der Waals surface area contributed by atoms with Gasteiger partial charge in [-0.2, -0.15) is 0 Å². The van der Waals surface area contributed by atoms with Gasteiger partial charge in [0, 0.05) is 17.1 Å². The Balaban J connectivity index is 1.16. The van der Waals surface area contributed by atoms with Crippen LogP contribution in [-0.2, 0) is 0 Å². The molecular weight excluding hydrogens is 687 g/mol. The molecule has 0 amide bonds. The van der Waals surface area contributed by atoms with Gasteiger partial charge in [-0.25, -0.2) is 0 Å². The predicted molar refractivity (Wildman–Crippen MR) is 243 cm³/mol. The van der Waals surface area contributed by atoms with Gasteiger partial charge in [-0.05, 0) is 113 Å². The second kappa shape index (κ2) is 15.0. The van der Waals surface area contributed by atoms with Crippen molar-refractivity contribution >= 4 is 38.6 Å². The minimum Gasteiger partial charge on any atom is -0.311 e. The molecule has 0 spiro atoms. The first-order valence-electron chi connectivity index (χ1n) is 22.9. The van der Waals surface area contributed by atoms with Crippen molar-refractivity contribution < 1.29 is 11.0 Å². The normalized spacial score (nSPS) is 13.1. The molecule has 0 radical (unpaired) electrons. The molecule has 0 unspecified atom stereocenters. The molecule has 0 atom stereocenters. The van der Waals surface area contributed by atoms with E-state index in [4.69, 9.17) is 0 Å². The molecule has 0 aliphatic carbocycles. The average molecular weight is 734 g/mol. The molecule has 57 heavy (non-hydrogen) atoms. The summed E-state index contributed by atoms with van der Waals surface area (Å²) in [5.74, 6) is 0. The van der Waals surface area contributed by atoms with Crippen LogP contribution in [-0.4, -0.2) is 0 Å². The van der Waals surface area contributed by atoms with E-state index in [2.05, 4.69) is 42.5 Å². The molecule has 0 bridgehead atoms. The summed E-state index contributed by atoms with van der Waals surface area (Å²) in [6, 6.07) is 57.3. The molecule has 10 rings (SSSR count). The van der Waals surface area contributed by atoms with E-state index in [1.54, 1.807) is 36.4 Å². The SMILES string of the molecule is [2H]c1c([2H])c(N(c2ccc(-c3ccc(-c4cccc5ccccc45)cc3)cc2)c2c([2H])c([2H])c(-c3c(-c4ccccc4)ccc4ccccc34)c([2H])c2[2H])c([2H])c([2H])c1-c1ccccc1. The van der Waals surface area contributed by atoms with E-state index in [-0.39, 0.29) is 58.8 Å². The third-order valence-corrected chi connectivity index (χ3v) is 10.4. The van der Waals surface area contributed by atoms with E-state index in [0.29, 0.717) is 16.8 Å². The minimum absolute atomic E-state index is 0.112. The van der Waals surface area contributed by atoms with E-state index in [1.807, 2.05) is 109 Å². The number of fused-ring (bicyclic) bond motifs is 2. The smallest absolute Gasteiger partial charge is 0.0645 e. The van der Waals surface area contributed by atoms with Gasteiger partial charge in [-0.1, -0.05) is 200 Å². The van der Waals surface area contributed by atoms with Crippen molar-refractivity contribution in [3.05, 3.63) is 236 Å². The van der Waals surface area contributed by atoms with Gasteiger partial charge in [0.15, 0.2) is 0 Å². The molecule has 10 aromatic carbocycles. The molecule has 0 aliphatic heterocycles. The average Bonchev–Trinajstić information content (AvgIpc) is 3.35. The minimum atomic E-state index is -0.398. The summed E-state index contributed by atoms with van der Waals surface area (Å²) in [6.45, 7) is 0. The Morgan fingerprint density at radius 2 is 0.719 bits per heavy atom. The zero-order valence-electron chi connectivity index (χ0n) is 38.8. The fourth-order valence-electron chi connectivity index (χ4n) is 7.60. The van der Waals surface area contributed by atoms with Gasteiger partial charge in [0.05, 0.1) is 11.0 Å². The number of benzene rings is 10. The Kier molecular flexibility index (Phi) is 6.92. The number of anilines is 3. The molecule has 0 fully saturated rings. The maximum absolute atomic E-state index is 9.73. The Morgan fingerprint density at radius 3 is 1.37 bits per heavy atom. The first-order valence-corrected chi connectivity index (χ1v) is 18.9. The van der Waals surface area contributed by atoms with Crippen LogP contribution >= 0.6 is 0 Å². The van der Waals surface area contributed by atoms with E-state index >= 15 is 0 Å². The van der Waals surface area contributed by atoms with Crippen LogP contribution in [0, 0.1) is 0 Å². The lowest BCUT2D eigenvalue weighted by molar-refractivity contribution is 1.28.